The van der Waals surface area contributed by atoms with Gasteiger partial charge in [0.1, 0.15) is 0 Å². The Labute approximate surface area is 148 Å². The van der Waals surface area contributed by atoms with Crippen LogP contribution in [-0.2, 0) is 12.0 Å². The molecule has 1 aliphatic heterocycles. The van der Waals surface area contributed by atoms with Crippen molar-refractivity contribution in [2.24, 2.45) is 4.99 Å². The average molecular weight is 337 g/mol. The van der Waals surface area contributed by atoms with Crippen molar-refractivity contribution in [1.29, 1.82) is 0 Å². The quantitative estimate of drug-likeness (QED) is 0.651. The molecule has 5 heteroatoms. The summed E-state index contributed by atoms with van der Waals surface area (Å²) in [6.07, 6.45) is 2.45. The molecule has 2 N–H and O–H groups in total. The van der Waals surface area contributed by atoms with Crippen LogP contribution in [0.1, 0.15) is 24.0 Å². The molecule has 1 fully saturated rings. The van der Waals surface area contributed by atoms with Gasteiger partial charge >= 0.3 is 0 Å². The Kier molecular flexibility index (Phi) is 4.22. The van der Waals surface area contributed by atoms with Gasteiger partial charge in [-0.1, -0.05) is 36.4 Å². The molecule has 4 rings (SSSR count). The molecule has 0 aromatic heterocycles. The van der Waals surface area contributed by atoms with Crippen LogP contribution in [-0.4, -0.2) is 26.3 Å². The largest absolute Gasteiger partial charge is 0.454 e. The molecule has 2 aromatic rings. The highest BCUT2D eigenvalue weighted by atomic mass is 16.7. The van der Waals surface area contributed by atoms with Gasteiger partial charge in [-0.05, 0) is 36.1 Å². The third-order valence-corrected chi connectivity index (χ3v) is 4.95. The van der Waals surface area contributed by atoms with Crippen LogP contribution in [0.25, 0.3) is 0 Å². The fourth-order valence-electron chi connectivity index (χ4n) is 3.22. The van der Waals surface area contributed by atoms with E-state index in [0.717, 1.165) is 29.6 Å². The van der Waals surface area contributed by atoms with Crippen molar-refractivity contribution in [2.75, 3.05) is 20.4 Å². The maximum Gasteiger partial charge on any atom is 0.231 e. The van der Waals surface area contributed by atoms with Gasteiger partial charge in [-0.3, -0.25) is 4.99 Å². The van der Waals surface area contributed by atoms with Gasteiger partial charge in [0, 0.05) is 25.6 Å². The monoisotopic (exact) mass is 337 g/mol. The summed E-state index contributed by atoms with van der Waals surface area (Å²) < 4.78 is 10.8. The summed E-state index contributed by atoms with van der Waals surface area (Å²) in [4.78, 5) is 4.34. The number of hydrogen-bond acceptors (Lipinski definition) is 3. The van der Waals surface area contributed by atoms with Crippen LogP contribution in [0.3, 0.4) is 0 Å². The molecule has 0 atom stereocenters. The maximum absolute atomic E-state index is 5.43. The van der Waals surface area contributed by atoms with Crippen LogP contribution in [0.4, 0.5) is 0 Å². The summed E-state index contributed by atoms with van der Waals surface area (Å²) in [7, 11) is 1.80. The number of fused-ring (bicyclic) bond motifs is 1. The number of guanidine groups is 1. The molecule has 1 saturated carbocycles. The summed E-state index contributed by atoms with van der Waals surface area (Å²) in [5.41, 5.74) is 2.81. The van der Waals surface area contributed by atoms with Crippen LogP contribution < -0.4 is 20.1 Å². The molecule has 1 heterocycles. The lowest BCUT2D eigenvalue weighted by Crippen LogP contribution is -2.40. The van der Waals surface area contributed by atoms with Gasteiger partial charge in [-0.15, -0.1) is 0 Å². The Hall–Kier alpha value is -2.69. The van der Waals surface area contributed by atoms with E-state index in [4.69, 9.17) is 9.47 Å². The fourth-order valence-corrected chi connectivity index (χ4v) is 3.22. The van der Waals surface area contributed by atoms with Gasteiger partial charge in [0.2, 0.25) is 6.79 Å². The predicted molar refractivity (Wildman–Crippen MR) is 98.1 cm³/mol. The highest BCUT2D eigenvalue weighted by molar-refractivity contribution is 5.79. The Morgan fingerprint density at radius 1 is 1.04 bits per heavy atom. The van der Waals surface area contributed by atoms with E-state index in [1.165, 1.54) is 18.4 Å². The minimum Gasteiger partial charge on any atom is -0.454 e. The first-order valence-corrected chi connectivity index (χ1v) is 8.68. The van der Waals surface area contributed by atoms with Crippen LogP contribution >= 0.6 is 0 Å². The van der Waals surface area contributed by atoms with E-state index in [1.807, 2.05) is 18.2 Å². The smallest absolute Gasteiger partial charge is 0.231 e. The molecule has 2 aliphatic rings. The van der Waals surface area contributed by atoms with Crippen LogP contribution in [0.5, 0.6) is 11.5 Å². The predicted octanol–water partition coefficient (Wildman–Crippen LogP) is 2.81. The zero-order valence-corrected chi connectivity index (χ0v) is 14.4. The second-order valence-electron chi connectivity index (χ2n) is 6.61. The van der Waals surface area contributed by atoms with Crippen molar-refractivity contribution >= 4 is 5.96 Å². The zero-order valence-electron chi connectivity index (χ0n) is 14.4. The van der Waals surface area contributed by atoms with Gasteiger partial charge in [0.25, 0.3) is 0 Å². The molecule has 0 saturated heterocycles. The second-order valence-corrected chi connectivity index (χ2v) is 6.61. The third kappa shape index (κ3) is 3.40. The fraction of sp³-hybridized carbons (Fsp3) is 0.350. The standard InChI is InChI=1S/C20H23N3O2/c1-21-19(22-12-15-7-8-17-18(11-15)25-14-24-17)23-13-20(9-10-20)16-5-3-2-4-6-16/h2-8,11H,9-10,12-14H2,1H3,(H2,21,22,23). The van der Waals surface area contributed by atoms with Gasteiger partial charge < -0.3 is 20.1 Å². The van der Waals surface area contributed by atoms with Crippen molar-refractivity contribution in [3.8, 4) is 11.5 Å². The molecule has 0 unspecified atom stereocenters. The van der Waals surface area contributed by atoms with Crippen molar-refractivity contribution in [2.45, 2.75) is 24.8 Å². The van der Waals surface area contributed by atoms with Crippen molar-refractivity contribution in [3.63, 3.8) is 0 Å². The average Bonchev–Trinajstić information content (AvgIpc) is 3.31. The van der Waals surface area contributed by atoms with E-state index in [2.05, 4.69) is 46.0 Å². The molecule has 25 heavy (non-hydrogen) atoms. The first-order valence-electron chi connectivity index (χ1n) is 8.68. The molecule has 2 aromatic carbocycles. The molecule has 1 aliphatic carbocycles. The maximum atomic E-state index is 5.43. The summed E-state index contributed by atoms with van der Waals surface area (Å²) in [5.74, 6) is 2.44. The lowest BCUT2D eigenvalue weighted by atomic mass is 9.96. The third-order valence-electron chi connectivity index (χ3n) is 4.95. The Balaban J connectivity index is 1.33. The Morgan fingerprint density at radius 3 is 2.60 bits per heavy atom. The minimum absolute atomic E-state index is 0.262. The SMILES string of the molecule is CN=C(NCc1ccc2c(c1)OCO2)NCC1(c2ccccc2)CC1. The van der Waals surface area contributed by atoms with Crippen molar-refractivity contribution in [3.05, 3.63) is 59.7 Å². The number of rotatable bonds is 5. The van der Waals surface area contributed by atoms with Gasteiger partial charge in [-0.25, -0.2) is 0 Å². The lowest BCUT2D eigenvalue weighted by Gasteiger charge is -2.19. The number of benzene rings is 2. The number of hydrogen-bond donors (Lipinski definition) is 2. The second kappa shape index (κ2) is 6.67. The Bertz CT molecular complexity index is 770. The van der Waals surface area contributed by atoms with E-state index < -0.39 is 0 Å². The topological polar surface area (TPSA) is 54.9 Å². The van der Waals surface area contributed by atoms with E-state index in [-0.39, 0.29) is 5.41 Å². The summed E-state index contributed by atoms with van der Waals surface area (Å²) in [5, 5.41) is 6.85. The number of aliphatic imine (C=N–C) groups is 1. The highest BCUT2D eigenvalue weighted by Gasteiger charge is 2.43. The molecule has 0 bridgehead atoms. The molecule has 5 nitrogen and oxygen atoms in total. The molecule has 0 radical (unpaired) electrons. The molecular formula is C20H23N3O2. The van der Waals surface area contributed by atoms with E-state index in [0.29, 0.717) is 13.3 Å². The van der Waals surface area contributed by atoms with Gasteiger partial charge in [0.05, 0.1) is 0 Å². The van der Waals surface area contributed by atoms with Crippen LogP contribution in [0.15, 0.2) is 53.5 Å². The molecular weight excluding hydrogens is 314 g/mol. The Morgan fingerprint density at radius 2 is 1.84 bits per heavy atom. The van der Waals surface area contributed by atoms with Crippen molar-refractivity contribution in [1.82, 2.24) is 10.6 Å². The van der Waals surface area contributed by atoms with Crippen LogP contribution in [0, 0.1) is 0 Å². The summed E-state index contributed by atoms with van der Waals surface area (Å²) >= 11 is 0. The molecule has 0 spiro atoms. The highest BCUT2D eigenvalue weighted by Crippen LogP contribution is 2.47. The molecule has 0 amide bonds. The normalized spacial score (nSPS) is 17.2. The minimum atomic E-state index is 0.262. The van der Waals surface area contributed by atoms with Crippen LogP contribution in [0.2, 0.25) is 0 Å². The lowest BCUT2D eigenvalue weighted by molar-refractivity contribution is 0.174. The number of nitrogens with zero attached hydrogens (tertiary/aromatic N) is 1. The zero-order chi connectivity index (χ0) is 17.1. The summed E-state index contributed by atoms with van der Waals surface area (Å²) in [6, 6.07) is 16.7. The first kappa shape index (κ1) is 15.8. The summed E-state index contributed by atoms with van der Waals surface area (Å²) in [6.45, 7) is 1.89. The van der Waals surface area contributed by atoms with Gasteiger partial charge in [-0.2, -0.15) is 0 Å². The van der Waals surface area contributed by atoms with E-state index >= 15 is 0 Å². The number of nitrogens with one attached hydrogen (secondary N) is 2. The van der Waals surface area contributed by atoms with E-state index in [1.54, 1.807) is 7.05 Å². The van der Waals surface area contributed by atoms with Gasteiger partial charge in [0.15, 0.2) is 17.5 Å². The number of ether oxygens (including phenoxy) is 2. The first-order chi connectivity index (χ1) is 12.3. The van der Waals surface area contributed by atoms with E-state index in [9.17, 15) is 0 Å². The molecule has 130 valence electrons. The van der Waals surface area contributed by atoms with Crippen molar-refractivity contribution < 1.29 is 9.47 Å².